The van der Waals surface area contributed by atoms with E-state index in [1.165, 1.54) is 4.68 Å². The Balaban J connectivity index is 1.78. The van der Waals surface area contributed by atoms with Crippen LogP contribution in [-0.2, 0) is 13.0 Å². The molecule has 0 N–H and O–H groups in total. The van der Waals surface area contributed by atoms with Crippen molar-refractivity contribution in [3.05, 3.63) is 97.5 Å². The summed E-state index contributed by atoms with van der Waals surface area (Å²) in [4.78, 5) is 18.0. The van der Waals surface area contributed by atoms with Crippen molar-refractivity contribution in [3.8, 4) is 11.5 Å². The Morgan fingerprint density at radius 1 is 1.15 bits per heavy atom. The van der Waals surface area contributed by atoms with Crippen LogP contribution < -0.4 is 15.0 Å². The van der Waals surface area contributed by atoms with E-state index in [2.05, 4.69) is 26.0 Å². The molecule has 34 heavy (non-hydrogen) atoms. The maximum Gasteiger partial charge on any atom is 0.282 e. The van der Waals surface area contributed by atoms with Gasteiger partial charge in [-0.2, -0.15) is 9.78 Å². The fourth-order valence-corrected chi connectivity index (χ4v) is 4.12. The van der Waals surface area contributed by atoms with Crippen LogP contribution in [0.2, 0.25) is 5.02 Å². The second-order valence-electron chi connectivity index (χ2n) is 7.60. The van der Waals surface area contributed by atoms with Gasteiger partial charge in [-0.25, -0.2) is 4.98 Å². The summed E-state index contributed by atoms with van der Waals surface area (Å²) in [6.45, 7) is 2.37. The Bertz CT molecular complexity index is 1400. The molecule has 8 heteroatoms. The Labute approximate surface area is 210 Å². The molecule has 0 atom stereocenters. The molecule has 4 aromatic rings. The molecular formula is C26H23BrClN3O3. The summed E-state index contributed by atoms with van der Waals surface area (Å²) in [6.07, 6.45) is 2.98. The van der Waals surface area contributed by atoms with Gasteiger partial charge in [0.2, 0.25) is 0 Å². The van der Waals surface area contributed by atoms with E-state index in [0.29, 0.717) is 51.8 Å². The third kappa shape index (κ3) is 5.32. The number of aryl methyl sites for hydroxylation is 1. The number of hydrogen-bond acceptors (Lipinski definition) is 5. The first-order valence-electron chi connectivity index (χ1n) is 10.8. The molecule has 0 fully saturated rings. The highest BCUT2D eigenvalue weighted by Gasteiger charge is 2.14. The summed E-state index contributed by atoms with van der Waals surface area (Å²) in [5.74, 6) is 1.55. The zero-order valence-electron chi connectivity index (χ0n) is 18.8. The number of ether oxygens (including phenoxy) is 2. The number of methoxy groups -OCH3 is 1. The summed E-state index contributed by atoms with van der Waals surface area (Å²) in [6, 6.07) is 18.7. The zero-order chi connectivity index (χ0) is 24.1. The van der Waals surface area contributed by atoms with E-state index >= 15 is 0 Å². The van der Waals surface area contributed by atoms with E-state index in [1.807, 2.05) is 49.4 Å². The first-order valence-corrected chi connectivity index (χ1v) is 12.0. The molecule has 1 heterocycles. The van der Waals surface area contributed by atoms with E-state index < -0.39 is 0 Å². The molecule has 0 saturated carbocycles. The molecule has 4 rings (SSSR count). The van der Waals surface area contributed by atoms with Gasteiger partial charge >= 0.3 is 0 Å². The number of halogens is 2. The average molecular weight is 541 g/mol. The van der Waals surface area contributed by atoms with Gasteiger partial charge in [0.1, 0.15) is 12.4 Å². The topological polar surface area (TPSA) is 65.7 Å². The lowest BCUT2D eigenvalue weighted by Gasteiger charge is -2.14. The summed E-state index contributed by atoms with van der Waals surface area (Å²) >= 11 is 9.75. The number of fused-ring (bicyclic) bond motifs is 1. The van der Waals surface area contributed by atoms with E-state index in [1.54, 1.807) is 31.5 Å². The van der Waals surface area contributed by atoms with Gasteiger partial charge in [-0.1, -0.05) is 64.8 Å². The zero-order valence-corrected chi connectivity index (χ0v) is 21.1. The summed E-state index contributed by atoms with van der Waals surface area (Å²) in [5, 5.41) is 5.46. The van der Waals surface area contributed by atoms with Crippen molar-refractivity contribution < 1.29 is 9.47 Å². The molecule has 0 saturated heterocycles. The predicted octanol–water partition coefficient (Wildman–Crippen LogP) is 6.23. The van der Waals surface area contributed by atoms with Gasteiger partial charge in [0.15, 0.2) is 11.5 Å². The monoisotopic (exact) mass is 539 g/mol. The standard InChI is InChI=1S/C26H23BrClN3O3/c1-3-7-24-30-22-11-10-19(27)13-21(22)26(32)31(24)29-15-18-12-20(28)14-23(33-2)25(18)34-16-17-8-5-4-6-9-17/h4-6,8-15H,3,7,16H2,1-2H3. The van der Waals surface area contributed by atoms with E-state index in [-0.39, 0.29) is 5.56 Å². The molecule has 0 spiro atoms. The minimum Gasteiger partial charge on any atom is -0.493 e. The Kier molecular flexibility index (Phi) is 7.65. The molecule has 0 amide bonds. The number of benzene rings is 3. The summed E-state index contributed by atoms with van der Waals surface area (Å²) in [5.41, 5.74) is 1.99. The molecule has 1 aromatic heterocycles. The quantitative estimate of drug-likeness (QED) is 0.248. The fraction of sp³-hybridized carbons (Fsp3) is 0.192. The molecular weight excluding hydrogens is 518 g/mol. The van der Waals surface area contributed by atoms with Gasteiger partial charge < -0.3 is 9.47 Å². The SMILES string of the molecule is CCCc1nc2ccc(Br)cc2c(=O)n1N=Cc1cc(Cl)cc(OC)c1OCc1ccccc1. The van der Waals surface area contributed by atoms with E-state index in [0.717, 1.165) is 16.5 Å². The van der Waals surface area contributed by atoms with Gasteiger partial charge in [0.25, 0.3) is 5.56 Å². The molecule has 6 nitrogen and oxygen atoms in total. The molecule has 0 unspecified atom stereocenters. The van der Waals surface area contributed by atoms with Gasteiger partial charge in [0, 0.05) is 27.5 Å². The average Bonchev–Trinajstić information content (AvgIpc) is 2.84. The molecule has 0 radical (unpaired) electrons. The normalized spacial score (nSPS) is 11.3. The second kappa shape index (κ2) is 10.8. The van der Waals surface area contributed by atoms with Crippen molar-refractivity contribution in [1.82, 2.24) is 9.66 Å². The smallest absolute Gasteiger partial charge is 0.282 e. The minimum absolute atomic E-state index is 0.244. The second-order valence-corrected chi connectivity index (χ2v) is 8.95. The molecule has 0 aliphatic heterocycles. The largest absolute Gasteiger partial charge is 0.493 e. The molecule has 174 valence electrons. The Hall–Kier alpha value is -3.16. The third-order valence-electron chi connectivity index (χ3n) is 5.16. The highest BCUT2D eigenvalue weighted by Crippen LogP contribution is 2.34. The van der Waals surface area contributed by atoms with Crippen LogP contribution in [-0.4, -0.2) is 23.0 Å². The number of aromatic nitrogens is 2. The van der Waals surface area contributed by atoms with Crippen molar-refractivity contribution in [2.45, 2.75) is 26.4 Å². The van der Waals surface area contributed by atoms with E-state index in [9.17, 15) is 4.79 Å². The van der Waals surface area contributed by atoms with Crippen molar-refractivity contribution in [2.75, 3.05) is 7.11 Å². The molecule has 3 aromatic carbocycles. The van der Waals surface area contributed by atoms with Crippen molar-refractivity contribution >= 4 is 44.6 Å². The lowest BCUT2D eigenvalue weighted by Crippen LogP contribution is -2.22. The van der Waals surface area contributed by atoms with Crippen molar-refractivity contribution in [3.63, 3.8) is 0 Å². The highest BCUT2D eigenvalue weighted by molar-refractivity contribution is 9.10. The van der Waals surface area contributed by atoms with Crippen molar-refractivity contribution in [1.29, 1.82) is 0 Å². The Morgan fingerprint density at radius 3 is 2.68 bits per heavy atom. The van der Waals surface area contributed by atoms with Crippen LogP contribution in [0.25, 0.3) is 10.9 Å². The van der Waals surface area contributed by atoms with E-state index in [4.69, 9.17) is 21.1 Å². The van der Waals surface area contributed by atoms with Crippen molar-refractivity contribution in [2.24, 2.45) is 5.10 Å². The molecule has 0 bridgehead atoms. The van der Waals surface area contributed by atoms with Crippen LogP contribution in [0, 0.1) is 0 Å². The van der Waals surface area contributed by atoms with Crippen LogP contribution >= 0.6 is 27.5 Å². The highest BCUT2D eigenvalue weighted by atomic mass is 79.9. The fourth-order valence-electron chi connectivity index (χ4n) is 3.54. The third-order valence-corrected chi connectivity index (χ3v) is 5.87. The maximum atomic E-state index is 13.3. The molecule has 0 aliphatic carbocycles. The predicted molar refractivity (Wildman–Crippen MR) is 139 cm³/mol. The first kappa shape index (κ1) is 24.0. The van der Waals surface area contributed by atoms with Gasteiger partial charge in [-0.15, -0.1) is 0 Å². The van der Waals surface area contributed by atoms with Crippen LogP contribution in [0.3, 0.4) is 0 Å². The summed E-state index contributed by atoms with van der Waals surface area (Å²) in [7, 11) is 1.55. The van der Waals surface area contributed by atoms with Crippen LogP contribution in [0.1, 0.15) is 30.3 Å². The lowest BCUT2D eigenvalue weighted by atomic mass is 10.2. The number of hydrogen-bond donors (Lipinski definition) is 0. The Morgan fingerprint density at radius 2 is 1.94 bits per heavy atom. The van der Waals surface area contributed by atoms with Crippen LogP contribution in [0.15, 0.2) is 75.0 Å². The lowest BCUT2D eigenvalue weighted by molar-refractivity contribution is 0.284. The first-order chi connectivity index (χ1) is 16.5. The van der Waals surface area contributed by atoms with Crippen LogP contribution in [0.5, 0.6) is 11.5 Å². The minimum atomic E-state index is -0.244. The van der Waals surface area contributed by atoms with Crippen LogP contribution in [0.4, 0.5) is 0 Å². The number of nitrogens with zero attached hydrogens (tertiary/aromatic N) is 3. The van der Waals surface area contributed by atoms with Gasteiger partial charge in [-0.3, -0.25) is 4.79 Å². The van der Waals surface area contributed by atoms with Gasteiger partial charge in [-0.05, 0) is 36.2 Å². The maximum absolute atomic E-state index is 13.3. The molecule has 0 aliphatic rings. The summed E-state index contributed by atoms with van der Waals surface area (Å²) < 4.78 is 13.7. The number of rotatable bonds is 8. The van der Waals surface area contributed by atoms with Gasteiger partial charge in [0.05, 0.1) is 24.2 Å².